The first kappa shape index (κ1) is 20.7. The average molecular weight is 444 g/mol. The number of carbonyl (C=O) groups excluding carboxylic acids is 1. The molecule has 1 aliphatic carbocycles. The number of nitrogens with one attached hydrogen (secondary N) is 1. The number of ether oxygens (including phenoxy) is 2. The minimum absolute atomic E-state index is 0.0118. The third-order valence-corrected chi connectivity index (χ3v) is 7.47. The summed E-state index contributed by atoms with van der Waals surface area (Å²) in [5.74, 6) is 1.41. The lowest BCUT2D eigenvalue weighted by atomic mass is 9.85. The molecule has 1 aromatic heterocycles. The number of nitrogens with zero attached hydrogens (tertiary/aromatic N) is 2. The number of anilines is 1. The van der Waals surface area contributed by atoms with Gasteiger partial charge in [0.05, 0.1) is 17.6 Å². The molecule has 3 heterocycles. The molecule has 2 aromatic rings. The van der Waals surface area contributed by atoms with Gasteiger partial charge < -0.3 is 19.9 Å². The topological polar surface area (TPSA) is 83.9 Å². The standard InChI is InChI=1S/C23H29N3O4S/c1-22(2,3)19(26-9-6-15(27)12-26)18-11-24-21(31-18)25-20(28)23(7-8-23)14-4-5-16-17(10-14)30-13-29-16/h4-5,10-11,15,19,27H,6-9,12-13H2,1-3H3,(H,24,25,28)/t15-,19?/m1/s1. The van der Waals surface area contributed by atoms with Crippen LogP contribution in [0.2, 0.25) is 0 Å². The van der Waals surface area contributed by atoms with E-state index in [0.717, 1.165) is 42.0 Å². The number of fused-ring (bicyclic) bond motifs is 1. The number of hydrogen-bond acceptors (Lipinski definition) is 7. The smallest absolute Gasteiger partial charge is 0.236 e. The summed E-state index contributed by atoms with van der Waals surface area (Å²) in [5.41, 5.74) is 0.432. The van der Waals surface area contributed by atoms with Gasteiger partial charge in [0, 0.05) is 24.2 Å². The van der Waals surface area contributed by atoms with Crippen molar-refractivity contribution in [1.82, 2.24) is 9.88 Å². The Hall–Kier alpha value is -2.16. The monoisotopic (exact) mass is 443 g/mol. The molecule has 2 aliphatic heterocycles. The van der Waals surface area contributed by atoms with Crippen molar-refractivity contribution in [2.45, 2.75) is 57.6 Å². The molecular weight excluding hydrogens is 414 g/mol. The van der Waals surface area contributed by atoms with Crippen LogP contribution >= 0.6 is 11.3 Å². The van der Waals surface area contributed by atoms with Crippen LogP contribution in [0.15, 0.2) is 24.4 Å². The van der Waals surface area contributed by atoms with E-state index in [9.17, 15) is 9.90 Å². The Bertz CT molecular complexity index is 995. The Labute approximate surface area is 186 Å². The maximum Gasteiger partial charge on any atom is 0.236 e. The average Bonchev–Trinajstić information content (AvgIpc) is 3.02. The van der Waals surface area contributed by atoms with Crippen molar-refractivity contribution < 1.29 is 19.4 Å². The summed E-state index contributed by atoms with van der Waals surface area (Å²) >= 11 is 1.53. The first-order valence-corrected chi connectivity index (χ1v) is 11.7. The van der Waals surface area contributed by atoms with Crippen molar-refractivity contribution in [2.24, 2.45) is 5.41 Å². The second-order valence-electron chi connectivity index (χ2n) is 9.88. The van der Waals surface area contributed by atoms with Crippen LogP contribution in [0.3, 0.4) is 0 Å². The van der Waals surface area contributed by atoms with Crippen LogP contribution in [-0.2, 0) is 10.2 Å². The molecule has 7 nitrogen and oxygen atoms in total. The molecule has 0 spiro atoms. The molecule has 5 rings (SSSR count). The molecule has 2 fully saturated rings. The Morgan fingerprint density at radius 1 is 1.32 bits per heavy atom. The van der Waals surface area contributed by atoms with Crippen LogP contribution in [0, 0.1) is 5.41 Å². The van der Waals surface area contributed by atoms with Gasteiger partial charge in [0.1, 0.15) is 0 Å². The van der Waals surface area contributed by atoms with E-state index in [2.05, 4.69) is 36.0 Å². The number of aliphatic hydroxyl groups excluding tert-OH is 1. The highest BCUT2D eigenvalue weighted by Crippen LogP contribution is 2.51. The van der Waals surface area contributed by atoms with E-state index in [1.54, 1.807) is 0 Å². The highest BCUT2D eigenvalue weighted by Gasteiger charge is 2.52. The van der Waals surface area contributed by atoms with Gasteiger partial charge in [-0.05, 0) is 42.4 Å². The van der Waals surface area contributed by atoms with E-state index in [-0.39, 0.29) is 30.3 Å². The first-order valence-electron chi connectivity index (χ1n) is 10.9. The van der Waals surface area contributed by atoms with Crippen LogP contribution in [0.4, 0.5) is 5.13 Å². The van der Waals surface area contributed by atoms with Crippen molar-refractivity contribution in [3.8, 4) is 11.5 Å². The first-order chi connectivity index (χ1) is 14.8. The van der Waals surface area contributed by atoms with E-state index in [0.29, 0.717) is 17.4 Å². The van der Waals surface area contributed by atoms with Crippen LogP contribution in [0.25, 0.3) is 0 Å². The van der Waals surface area contributed by atoms with E-state index in [1.165, 1.54) is 11.3 Å². The minimum atomic E-state index is -0.519. The predicted octanol–water partition coefficient (Wildman–Crippen LogP) is 3.70. The summed E-state index contributed by atoms with van der Waals surface area (Å²) in [7, 11) is 0. The molecule has 1 aromatic carbocycles. The van der Waals surface area contributed by atoms with Crippen LogP contribution < -0.4 is 14.8 Å². The molecule has 1 unspecified atom stereocenters. The number of carbonyl (C=O) groups is 1. The van der Waals surface area contributed by atoms with Crippen molar-refractivity contribution in [2.75, 3.05) is 25.2 Å². The van der Waals surface area contributed by atoms with Gasteiger partial charge in [-0.2, -0.15) is 0 Å². The Morgan fingerprint density at radius 2 is 2.10 bits per heavy atom. The maximum atomic E-state index is 13.2. The number of amides is 1. The Morgan fingerprint density at radius 3 is 2.77 bits per heavy atom. The molecule has 2 atom stereocenters. The molecule has 31 heavy (non-hydrogen) atoms. The fourth-order valence-electron chi connectivity index (χ4n) is 4.81. The number of β-amino-alcohol motifs (C(OH)–C–C–N with tert-alkyl or cyclic N) is 1. The van der Waals surface area contributed by atoms with Gasteiger partial charge in [0.15, 0.2) is 16.6 Å². The number of aromatic nitrogens is 1. The number of thiazole rings is 1. The number of hydrogen-bond donors (Lipinski definition) is 2. The molecular formula is C23H29N3O4S. The molecule has 0 radical (unpaired) electrons. The normalized spacial score (nSPS) is 23.0. The highest BCUT2D eigenvalue weighted by molar-refractivity contribution is 7.15. The van der Waals surface area contributed by atoms with Crippen LogP contribution in [-0.4, -0.2) is 46.9 Å². The molecule has 8 heteroatoms. The number of rotatable bonds is 5. The Balaban J connectivity index is 1.34. The van der Waals surface area contributed by atoms with Crippen molar-refractivity contribution in [3.63, 3.8) is 0 Å². The van der Waals surface area contributed by atoms with Gasteiger partial charge in [-0.25, -0.2) is 4.98 Å². The predicted molar refractivity (Wildman–Crippen MR) is 119 cm³/mol. The number of likely N-dealkylation sites (tertiary alicyclic amines) is 1. The highest BCUT2D eigenvalue weighted by atomic mass is 32.1. The summed E-state index contributed by atoms with van der Waals surface area (Å²) in [6.07, 6.45) is 4.03. The van der Waals surface area contributed by atoms with Gasteiger partial charge in [0.2, 0.25) is 12.7 Å². The fraction of sp³-hybridized carbons (Fsp3) is 0.565. The lowest BCUT2D eigenvalue weighted by molar-refractivity contribution is -0.118. The fourth-order valence-corrected chi connectivity index (χ4v) is 6.00. The largest absolute Gasteiger partial charge is 0.454 e. The summed E-state index contributed by atoms with van der Waals surface area (Å²) in [6.45, 7) is 8.39. The van der Waals surface area contributed by atoms with E-state index in [4.69, 9.17) is 9.47 Å². The second kappa shape index (κ2) is 7.46. The van der Waals surface area contributed by atoms with Gasteiger partial charge in [0.25, 0.3) is 0 Å². The zero-order valence-corrected chi connectivity index (χ0v) is 19.0. The SMILES string of the molecule is CC(C)(C)C(c1cnc(NC(=O)C2(c3ccc4c(c3)OCO4)CC2)s1)N1CC[C@@H](O)C1. The molecule has 1 saturated carbocycles. The lowest BCUT2D eigenvalue weighted by Gasteiger charge is -2.37. The van der Waals surface area contributed by atoms with Gasteiger partial charge in [-0.3, -0.25) is 9.69 Å². The summed E-state index contributed by atoms with van der Waals surface area (Å²) in [5, 5.41) is 13.7. The molecule has 3 aliphatic rings. The molecule has 166 valence electrons. The van der Waals surface area contributed by atoms with Crippen molar-refractivity contribution in [1.29, 1.82) is 0 Å². The van der Waals surface area contributed by atoms with E-state index < -0.39 is 5.41 Å². The summed E-state index contributed by atoms with van der Waals surface area (Å²) in [4.78, 5) is 21.2. The van der Waals surface area contributed by atoms with Gasteiger partial charge in [-0.1, -0.05) is 26.8 Å². The van der Waals surface area contributed by atoms with Crippen molar-refractivity contribution >= 4 is 22.4 Å². The number of aliphatic hydroxyl groups is 1. The Kier molecular flexibility index (Phi) is 4.99. The summed E-state index contributed by atoms with van der Waals surface area (Å²) in [6, 6.07) is 5.92. The molecule has 2 N–H and O–H groups in total. The molecule has 0 bridgehead atoms. The number of benzene rings is 1. The summed E-state index contributed by atoms with van der Waals surface area (Å²) < 4.78 is 10.9. The minimum Gasteiger partial charge on any atom is -0.454 e. The molecule has 1 amide bonds. The quantitative estimate of drug-likeness (QED) is 0.733. The maximum absolute atomic E-state index is 13.2. The van der Waals surface area contributed by atoms with E-state index >= 15 is 0 Å². The third kappa shape index (κ3) is 3.81. The van der Waals surface area contributed by atoms with Crippen LogP contribution in [0.1, 0.15) is 56.5 Å². The zero-order chi connectivity index (χ0) is 21.8. The van der Waals surface area contributed by atoms with Gasteiger partial charge >= 0.3 is 0 Å². The van der Waals surface area contributed by atoms with E-state index in [1.807, 2.05) is 24.4 Å². The lowest BCUT2D eigenvalue weighted by Crippen LogP contribution is -2.35. The molecule has 1 saturated heterocycles. The van der Waals surface area contributed by atoms with Crippen LogP contribution in [0.5, 0.6) is 11.5 Å². The van der Waals surface area contributed by atoms with Gasteiger partial charge in [-0.15, -0.1) is 11.3 Å². The van der Waals surface area contributed by atoms with Crippen molar-refractivity contribution in [3.05, 3.63) is 34.8 Å². The zero-order valence-electron chi connectivity index (χ0n) is 18.2. The third-order valence-electron chi connectivity index (χ3n) is 6.50. The second-order valence-corrected chi connectivity index (χ2v) is 10.9.